The number of aliphatic imine (C=N–C) groups is 1. The van der Waals surface area contributed by atoms with Gasteiger partial charge in [-0.15, -0.1) is 0 Å². The predicted octanol–water partition coefficient (Wildman–Crippen LogP) is 5.57. The third-order valence-corrected chi connectivity index (χ3v) is 5.94. The lowest BCUT2D eigenvalue weighted by atomic mass is 10.1. The molecular weight excluding hydrogens is 440 g/mol. The number of rotatable bonds is 8. The summed E-state index contributed by atoms with van der Waals surface area (Å²) in [5.74, 6) is 0.794. The number of urea groups is 1. The first kappa shape index (κ1) is 22.3. The van der Waals surface area contributed by atoms with Crippen molar-refractivity contribution in [1.82, 2.24) is 4.90 Å². The van der Waals surface area contributed by atoms with E-state index in [-0.39, 0.29) is 24.6 Å². The van der Waals surface area contributed by atoms with Crippen LogP contribution in [0.15, 0.2) is 96.0 Å². The van der Waals surface area contributed by atoms with E-state index in [0.29, 0.717) is 18.1 Å². The van der Waals surface area contributed by atoms with Gasteiger partial charge in [-0.3, -0.25) is 9.69 Å². The van der Waals surface area contributed by atoms with Crippen molar-refractivity contribution in [3.8, 4) is 11.5 Å². The summed E-state index contributed by atoms with van der Waals surface area (Å²) < 4.78 is 11.6. The summed E-state index contributed by atoms with van der Waals surface area (Å²) in [6.45, 7) is 0.602. The highest BCUT2D eigenvalue weighted by molar-refractivity contribution is 6.46. The molecule has 5 rings (SSSR count). The highest BCUT2D eigenvalue weighted by Gasteiger charge is 2.33. The van der Waals surface area contributed by atoms with E-state index >= 15 is 0 Å². The molecule has 0 spiro atoms. The lowest BCUT2D eigenvalue weighted by Gasteiger charge is -2.14. The molecule has 0 saturated heterocycles. The molecule has 174 valence electrons. The van der Waals surface area contributed by atoms with E-state index < -0.39 is 6.03 Å². The van der Waals surface area contributed by atoms with Crippen LogP contribution in [0.25, 0.3) is 10.8 Å². The summed E-state index contributed by atoms with van der Waals surface area (Å²) in [5, 5.41) is 2.34. The zero-order valence-electron chi connectivity index (χ0n) is 19.3. The molecule has 4 aromatic rings. The Morgan fingerprint density at radius 1 is 0.743 bits per heavy atom. The monoisotopic (exact) mass is 464 g/mol. The number of benzene rings is 4. The van der Waals surface area contributed by atoms with Gasteiger partial charge in [-0.2, -0.15) is 4.99 Å². The number of imide groups is 1. The Labute approximate surface area is 203 Å². The molecule has 3 amide bonds. The van der Waals surface area contributed by atoms with E-state index in [0.717, 1.165) is 22.1 Å². The fraction of sp³-hybridized carbons (Fsp3) is 0.138. The molecule has 6 heteroatoms. The maximum atomic E-state index is 12.8. The third kappa shape index (κ3) is 4.92. The number of nitrogens with zero attached hydrogens (tertiary/aromatic N) is 2. The first-order valence-corrected chi connectivity index (χ1v) is 11.4. The van der Waals surface area contributed by atoms with Gasteiger partial charge in [0.25, 0.3) is 5.91 Å². The van der Waals surface area contributed by atoms with Gasteiger partial charge in [-0.05, 0) is 45.7 Å². The third-order valence-electron chi connectivity index (χ3n) is 5.94. The van der Waals surface area contributed by atoms with Gasteiger partial charge in [0.05, 0.1) is 13.7 Å². The average Bonchev–Trinajstić information content (AvgIpc) is 3.15. The van der Waals surface area contributed by atoms with E-state index in [9.17, 15) is 9.59 Å². The van der Waals surface area contributed by atoms with Gasteiger partial charge in [0.1, 0.15) is 12.3 Å². The molecule has 35 heavy (non-hydrogen) atoms. The Balaban J connectivity index is 1.26. The zero-order valence-corrected chi connectivity index (χ0v) is 19.3. The molecular formula is C29H24N2O4. The van der Waals surface area contributed by atoms with Crippen LogP contribution in [-0.2, 0) is 24.4 Å². The van der Waals surface area contributed by atoms with Crippen molar-refractivity contribution in [3.63, 3.8) is 0 Å². The van der Waals surface area contributed by atoms with Gasteiger partial charge < -0.3 is 9.47 Å². The topological polar surface area (TPSA) is 68.2 Å². The SMILES string of the molecule is COc1cc(CC2=NC(=O)N(Cc3ccccc3)C2=O)ccc1OCc1ccc2ccccc2c1. The number of hydrogen-bond donors (Lipinski definition) is 0. The molecule has 0 aromatic heterocycles. The largest absolute Gasteiger partial charge is 0.493 e. The standard InChI is InChI=1S/C29H24N2O4/c1-34-27-17-21(16-25-28(32)31(29(33)30-25)18-20-7-3-2-4-8-20)12-14-26(27)35-19-22-11-13-23-9-5-6-10-24(23)15-22/h2-15,17H,16,18-19H2,1H3. The minimum absolute atomic E-state index is 0.205. The maximum Gasteiger partial charge on any atom is 0.351 e. The van der Waals surface area contributed by atoms with Crippen molar-refractivity contribution < 1.29 is 19.1 Å². The first-order valence-electron chi connectivity index (χ1n) is 11.4. The van der Waals surface area contributed by atoms with Gasteiger partial charge in [-0.1, -0.05) is 72.8 Å². The van der Waals surface area contributed by atoms with Gasteiger partial charge in [-0.25, -0.2) is 4.79 Å². The molecule has 1 aliphatic rings. The van der Waals surface area contributed by atoms with Gasteiger partial charge in [0.2, 0.25) is 0 Å². The number of amides is 3. The number of carbonyl (C=O) groups is 2. The smallest absolute Gasteiger partial charge is 0.351 e. The van der Waals surface area contributed by atoms with Gasteiger partial charge >= 0.3 is 6.03 Å². The van der Waals surface area contributed by atoms with Crippen LogP contribution in [0.2, 0.25) is 0 Å². The highest BCUT2D eigenvalue weighted by Crippen LogP contribution is 2.30. The van der Waals surface area contributed by atoms with E-state index in [1.165, 1.54) is 10.3 Å². The van der Waals surface area contributed by atoms with Crippen LogP contribution in [-0.4, -0.2) is 29.7 Å². The van der Waals surface area contributed by atoms with Crippen LogP contribution in [0.1, 0.15) is 16.7 Å². The number of carbonyl (C=O) groups excluding carboxylic acids is 2. The average molecular weight is 465 g/mol. The van der Waals surface area contributed by atoms with E-state index in [1.54, 1.807) is 7.11 Å². The minimum Gasteiger partial charge on any atom is -0.493 e. The van der Waals surface area contributed by atoms with Crippen LogP contribution in [0.4, 0.5) is 4.79 Å². The molecule has 0 radical (unpaired) electrons. The lowest BCUT2D eigenvalue weighted by Crippen LogP contribution is -2.32. The normalized spacial score (nSPS) is 13.3. The van der Waals surface area contributed by atoms with Crippen LogP contribution in [0, 0.1) is 0 Å². The maximum absolute atomic E-state index is 12.8. The van der Waals surface area contributed by atoms with Crippen molar-refractivity contribution in [3.05, 3.63) is 108 Å². The predicted molar refractivity (Wildman–Crippen MR) is 135 cm³/mol. The summed E-state index contributed by atoms with van der Waals surface area (Å²) in [4.78, 5) is 30.3. The Hall–Kier alpha value is -4.45. The lowest BCUT2D eigenvalue weighted by molar-refractivity contribution is -0.121. The second kappa shape index (κ2) is 9.81. The van der Waals surface area contributed by atoms with E-state index in [1.807, 2.05) is 66.7 Å². The van der Waals surface area contributed by atoms with Crippen LogP contribution in [0.5, 0.6) is 11.5 Å². The molecule has 0 bridgehead atoms. The van der Waals surface area contributed by atoms with Crippen LogP contribution in [0.3, 0.4) is 0 Å². The van der Waals surface area contributed by atoms with Crippen molar-refractivity contribution in [1.29, 1.82) is 0 Å². The van der Waals surface area contributed by atoms with Gasteiger partial charge in [0, 0.05) is 6.42 Å². The highest BCUT2D eigenvalue weighted by atomic mass is 16.5. The Bertz CT molecular complexity index is 1430. The molecule has 6 nitrogen and oxygen atoms in total. The number of ether oxygens (including phenoxy) is 2. The number of fused-ring (bicyclic) bond motifs is 1. The Kier molecular flexibility index (Phi) is 6.26. The van der Waals surface area contributed by atoms with Crippen molar-refractivity contribution >= 4 is 28.4 Å². The first-order chi connectivity index (χ1) is 17.1. The Morgan fingerprint density at radius 3 is 2.29 bits per heavy atom. The molecule has 0 N–H and O–H groups in total. The quantitative estimate of drug-likeness (QED) is 0.342. The molecule has 4 aromatic carbocycles. The fourth-order valence-corrected chi connectivity index (χ4v) is 4.11. The second-order valence-electron chi connectivity index (χ2n) is 8.35. The summed E-state index contributed by atoms with van der Waals surface area (Å²) in [6.07, 6.45) is 0.233. The van der Waals surface area contributed by atoms with Crippen LogP contribution >= 0.6 is 0 Å². The van der Waals surface area contributed by atoms with Gasteiger partial charge in [0.15, 0.2) is 11.5 Å². The van der Waals surface area contributed by atoms with Crippen molar-refractivity contribution in [2.45, 2.75) is 19.6 Å². The van der Waals surface area contributed by atoms with E-state index in [4.69, 9.17) is 9.47 Å². The van der Waals surface area contributed by atoms with Crippen LogP contribution < -0.4 is 9.47 Å². The molecule has 0 fully saturated rings. The summed E-state index contributed by atoms with van der Waals surface area (Å²) in [6, 6.07) is 28.8. The molecule has 1 heterocycles. The second-order valence-corrected chi connectivity index (χ2v) is 8.35. The van der Waals surface area contributed by atoms with Crippen molar-refractivity contribution in [2.75, 3.05) is 7.11 Å². The van der Waals surface area contributed by atoms with Crippen molar-refractivity contribution in [2.24, 2.45) is 4.99 Å². The molecule has 0 aliphatic carbocycles. The summed E-state index contributed by atoms with van der Waals surface area (Å²) >= 11 is 0. The summed E-state index contributed by atoms with van der Waals surface area (Å²) in [7, 11) is 1.57. The molecule has 1 aliphatic heterocycles. The molecule has 0 saturated carbocycles. The number of methoxy groups -OCH3 is 1. The molecule has 0 unspecified atom stereocenters. The minimum atomic E-state index is -0.531. The number of hydrogen-bond acceptors (Lipinski definition) is 4. The van der Waals surface area contributed by atoms with E-state index in [2.05, 4.69) is 29.3 Å². The molecule has 0 atom stereocenters. The fourth-order valence-electron chi connectivity index (χ4n) is 4.11. The summed E-state index contributed by atoms with van der Waals surface area (Å²) in [5.41, 5.74) is 2.96. The zero-order chi connectivity index (χ0) is 24.2. The Morgan fingerprint density at radius 2 is 1.49 bits per heavy atom.